The number of anilines is 1. The van der Waals surface area contributed by atoms with Crippen molar-refractivity contribution in [1.82, 2.24) is 9.88 Å². The molecule has 0 atom stereocenters. The van der Waals surface area contributed by atoms with Crippen molar-refractivity contribution in [2.75, 3.05) is 18.5 Å². The number of benzene rings is 1. The van der Waals surface area contributed by atoms with Gasteiger partial charge in [0.1, 0.15) is 5.82 Å². The van der Waals surface area contributed by atoms with Gasteiger partial charge in [-0.1, -0.05) is 11.8 Å². The lowest BCUT2D eigenvalue weighted by Crippen LogP contribution is -2.38. The van der Waals surface area contributed by atoms with Gasteiger partial charge < -0.3 is 4.90 Å². The Labute approximate surface area is 145 Å². The van der Waals surface area contributed by atoms with Crippen molar-refractivity contribution in [3.63, 3.8) is 0 Å². The van der Waals surface area contributed by atoms with Crippen LogP contribution in [0, 0.1) is 23.5 Å². The first-order valence-corrected chi connectivity index (χ1v) is 7.76. The number of hydrogen-bond donors (Lipinski definition) is 0. The molecule has 25 heavy (non-hydrogen) atoms. The van der Waals surface area contributed by atoms with Gasteiger partial charge in [-0.2, -0.15) is 0 Å². The van der Waals surface area contributed by atoms with E-state index in [-0.39, 0.29) is 17.7 Å². The third kappa shape index (κ3) is 3.31. The topological polar surface area (TPSA) is 36.4 Å². The van der Waals surface area contributed by atoms with Crippen LogP contribution in [0.2, 0.25) is 0 Å². The van der Waals surface area contributed by atoms with Gasteiger partial charge in [-0.15, -0.1) is 0 Å². The second kappa shape index (κ2) is 6.17. The molecule has 2 aromatic rings. The number of carbonyl (C=O) groups excluding carboxylic acids is 1. The summed E-state index contributed by atoms with van der Waals surface area (Å²) in [7, 11) is 1.68. The van der Waals surface area contributed by atoms with Crippen molar-refractivity contribution >= 4 is 11.8 Å². The number of pyridine rings is 1. The van der Waals surface area contributed by atoms with Crippen LogP contribution in [0.25, 0.3) is 0 Å². The molecule has 6 heteroatoms. The van der Waals surface area contributed by atoms with Crippen molar-refractivity contribution in [3.8, 4) is 11.8 Å². The zero-order valence-electron chi connectivity index (χ0n) is 14.2. The Hall–Kier alpha value is -2.94. The zero-order chi connectivity index (χ0) is 18.2. The quantitative estimate of drug-likeness (QED) is 0.746. The molecule has 0 unspecified atom stereocenters. The first-order chi connectivity index (χ1) is 11.8. The molecule has 1 aromatic carbocycles. The van der Waals surface area contributed by atoms with Gasteiger partial charge in [-0.25, -0.2) is 18.6 Å². The summed E-state index contributed by atoms with van der Waals surface area (Å²) in [5, 5.41) is 0. The molecule has 1 aliphatic rings. The minimum atomic E-state index is -0.606. The van der Waals surface area contributed by atoms with Gasteiger partial charge in [0.25, 0.3) is 0 Å². The predicted molar refractivity (Wildman–Crippen MR) is 91.2 cm³/mol. The third-order valence-electron chi connectivity index (χ3n) is 4.24. The average molecular weight is 341 g/mol. The number of rotatable bonds is 1. The molecular weight excluding hydrogens is 324 g/mol. The van der Waals surface area contributed by atoms with Crippen molar-refractivity contribution < 1.29 is 13.6 Å². The van der Waals surface area contributed by atoms with E-state index < -0.39 is 11.4 Å². The summed E-state index contributed by atoms with van der Waals surface area (Å²) in [5.41, 5.74) is 0.598. The maximum absolute atomic E-state index is 14.4. The van der Waals surface area contributed by atoms with Crippen LogP contribution in [-0.2, 0) is 0 Å². The Morgan fingerprint density at radius 1 is 1.12 bits per heavy atom. The maximum atomic E-state index is 14.4. The van der Waals surface area contributed by atoms with Gasteiger partial charge in [-0.05, 0) is 44.2 Å². The fourth-order valence-corrected chi connectivity index (χ4v) is 2.54. The Morgan fingerprint density at radius 3 is 2.32 bits per heavy atom. The number of hydrogen-bond acceptors (Lipinski definition) is 2. The summed E-state index contributed by atoms with van der Waals surface area (Å²) < 4.78 is 27.3. The monoisotopic (exact) mass is 341 g/mol. The largest absolute Gasteiger partial charge is 0.326 e. The Bertz CT molecular complexity index is 882. The van der Waals surface area contributed by atoms with Gasteiger partial charge in [0, 0.05) is 24.4 Å². The zero-order valence-corrected chi connectivity index (χ0v) is 14.2. The van der Waals surface area contributed by atoms with Crippen LogP contribution in [0.3, 0.4) is 0 Å². The van der Waals surface area contributed by atoms with E-state index in [9.17, 15) is 13.6 Å². The van der Waals surface area contributed by atoms with E-state index in [4.69, 9.17) is 0 Å². The second-order valence-corrected chi connectivity index (χ2v) is 6.53. The van der Waals surface area contributed by atoms with Crippen molar-refractivity contribution in [2.24, 2.45) is 0 Å². The summed E-state index contributed by atoms with van der Waals surface area (Å²) in [5.74, 6) is 4.65. The molecule has 2 heterocycles. The van der Waals surface area contributed by atoms with Crippen LogP contribution < -0.4 is 4.90 Å². The van der Waals surface area contributed by atoms with E-state index in [1.54, 1.807) is 24.1 Å². The maximum Gasteiger partial charge on any atom is 0.326 e. The Kier molecular flexibility index (Phi) is 4.17. The van der Waals surface area contributed by atoms with Crippen LogP contribution in [0.1, 0.15) is 25.0 Å². The molecule has 1 fully saturated rings. The summed E-state index contributed by atoms with van der Waals surface area (Å²) in [6.07, 6.45) is 1.42. The van der Waals surface area contributed by atoms with Crippen LogP contribution in [-0.4, -0.2) is 35.0 Å². The van der Waals surface area contributed by atoms with Gasteiger partial charge in [0.05, 0.1) is 12.1 Å². The van der Waals surface area contributed by atoms with E-state index >= 15 is 0 Å². The molecule has 1 saturated heterocycles. The minimum Gasteiger partial charge on any atom is -0.320 e. The first-order valence-electron chi connectivity index (χ1n) is 7.76. The van der Waals surface area contributed by atoms with Crippen molar-refractivity contribution in [2.45, 2.75) is 19.4 Å². The molecule has 0 radical (unpaired) electrons. The van der Waals surface area contributed by atoms with Gasteiger partial charge in [-0.3, -0.25) is 4.90 Å². The van der Waals surface area contributed by atoms with Gasteiger partial charge in [0.2, 0.25) is 0 Å². The highest BCUT2D eigenvalue weighted by Gasteiger charge is 2.42. The summed E-state index contributed by atoms with van der Waals surface area (Å²) in [6.45, 7) is 4.17. The molecule has 0 spiro atoms. The molecule has 0 N–H and O–H groups in total. The van der Waals surface area contributed by atoms with Crippen LogP contribution in [0.4, 0.5) is 19.4 Å². The highest BCUT2D eigenvalue weighted by atomic mass is 19.1. The molecule has 3 rings (SSSR count). The number of amides is 2. The Balaban J connectivity index is 1.85. The fraction of sp³-hybridized carbons (Fsp3) is 0.263. The molecule has 0 saturated carbocycles. The lowest BCUT2D eigenvalue weighted by atomic mass is 10.1. The summed E-state index contributed by atoms with van der Waals surface area (Å²) in [4.78, 5) is 19.3. The smallest absolute Gasteiger partial charge is 0.320 e. The van der Waals surface area contributed by atoms with Gasteiger partial charge in [0.15, 0.2) is 11.6 Å². The summed E-state index contributed by atoms with van der Waals surface area (Å²) >= 11 is 0. The lowest BCUT2D eigenvalue weighted by Gasteiger charge is -2.24. The summed E-state index contributed by atoms with van der Waals surface area (Å²) in [6, 6.07) is 6.66. The van der Waals surface area contributed by atoms with E-state index in [1.807, 2.05) is 13.8 Å². The molecule has 0 aliphatic carbocycles. The molecular formula is C19H17F2N3O. The number of urea groups is 1. The molecule has 2 amide bonds. The van der Waals surface area contributed by atoms with E-state index in [1.165, 1.54) is 29.3 Å². The average Bonchev–Trinajstić information content (AvgIpc) is 2.77. The van der Waals surface area contributed by atoms with Crippen LogP contribution in [0.15, 0.2) is 36.5 Å². The van der Waals surface area contributed by atoms with Gasteiger partial charge >= 0.3 is 6.03 Å². The second-order valence-electron chi connectivity index (χ2n) is 6.53. The van der Waals surface area contributed by atoms with E-state index in [2.05, 4.69) is 16.8 Å². The number of aromatic nitrogens is 1. The number of carbonyl (C=O) groups is 1. The number of nitrogens with zero attached hydrogens (tertiary/aromatic N) is 3. The van der Waals surface area contributed by atoms with E-state index in [0.717, 1.165) is 0 Å². The van der Waals surface area contributed by atoms with E-state index in [0.29, 0.717) is 17.7 Å². The number of likely N-dealkylation sites (N-methyl/N-ethyl adjacent to an activating group) is 1. The predicted octanol–water partition coefficient (Wildman–Crippen LogP) is 3.41. The standard InChI is InChI=1S/C19H17F2N3O/c1-19(2)12-24(18(25)23(19)3)17-16(21)10-14(11-22-17)5-4-13-6-8-15(20)9-7-13/h6-11H,12H2,1-3H3. The Morgan fingerprint density at radius 2 is 1.76 bits per heavy atom. The third-order valence-corrected chi connectivity index (χ3v) is 4.24. The lowest BCUT2D eigenvalue weighted by molar-refractivity contribution is 0.198. The molecule has 0 bridgehead atoms. The van der Waals surface area contributed by atoms with Crippen molar-refractivity contribution in [1.29, 1.82) is 0 Å². The minimum absolute atomic E-state index is 0.00485. The van der Waals surface area contributed by atoms with Crippen LogP contribution in [0.5, 0.6) is 0 Å². The van der Waals surface area contributed by atoms with Crippen molar-refractivity contribution in [3.05, 3.63) is 59.3 Å². The molecule has 4 nitrogen and oxygen atoms in total. The normalized spacial score (nSPS) is 16.0. The number of halogens is 2. The molecule has 128 valence electrons. The molecule has 1 aliphatic heterocycles. The molecule has 1 aromatic heterocycles. The van der Waals surface area contributed by atoms with Crippen LogP contribution >= 0.6 is 0 Å². The highest BCUT2D eigenvalue weighted by molar-refractivity contribution is 5.94. The first kappa shape index (κ1) is 16.9. The fourth-order valence-electron chi connectivity index (χ4n) is 2.54. The SMILES string of the molecule is CN1C(=O)N(c2ncc(C#Cc3ccc(F)cc3)cc2F)CC1(C)C. The highest BCUT2D eigenvalue weighted by Crippen LogP contribution is 2.29.